The first-order valence-electron chi connectivity index (χ1n) is 11.1. The molecule has 2 heterocycles. The van der Waals surface area contributed by atoms with Crippen molar-refractivity contribution in [1.82, 2.24) is 4.57 Å². The van der Waals surface area contributed by atoms with Crippen LogP contribution in [-0.2, 0) is 11.3 Å². The van der Waals surface area contributed by atoms with E-state index in [1.165, 1.54) is 21.2 Å². The van der Waals surface area contributed by atoms with Crippen molar-refractivity contribution in [1.29, 1.82) is 0 Å². The highest BCUT2D eigenvalue weighted by atomic mass is 32.2. The van der Waals surface area contributed by atoms with Crippen LogP contribution in [0.2, 0.25) is 0 Å². The summed E-state index contributed by atoms with van der Waals surface area (Å²) in [6, 6.07) is 32.0. The predicted octanol–water partition coefficient (Wildman–Crippen LogP) is 7.08. The van der Waals surface area contributed by atoms with Crippen LogP contribution in [0.1, 0.15) is 11.1 Å². The van der Waals surface area contributed by atoms with Crippen LogP contribution in [0, 0.1) is 0 Å². The Balaban J connectivity index is 1.40. The number of nitrogens with zero attached hydrogens (tertiary/aromatic N) is 2. The first kappa shape index (κ1) is 20.5. The first-order chi connectivity index (χ1) is 16.7. The molecule has 0 radical (unpaired) electrons. The van der Waals surface area contributed by atoms with E-state index in [2.05, 4.69) is 65.4 Å². The van der Waals surface area contributed by atoms with E-state index < -0.39 is 0 Å². The molecule has 2 amide bonds. The number of anilines is 1. The van der Waals surface area contributed by atoms with Gasteiger partial charge in [-0.2, -0.15) is 0 Å². The largest absolute Gasteiger partial charge is 0.342 e. The highest BCUT2D eigenvalue weighted by Crippen LogP contribution is 2.37. The van der Waals surface area contributed by atoms with Crippen molar-refractivity contribution in [2.24, 2.45) is 0 Å². The number of rotatable bonds is 4. The molecule has 0 atom stereocenters. The van der Waals surface area contributed by atoms with E-state index in [0.717, 1.165) is 28.2 Å². The molecule has 5 aromatic rings. The summed E-state index contributed by atoms with van der Waals surface area (Å²) in [5.41, 5.74) is 3.83. The topological polar surface area (TPSA) is 42.3 Å². The molecule has 1 aliphatic heterocycles. The van der Waals surface area contributed by atoms with Crippen LogP contribution < -0.4 is 4.90 Å². The molecule has 1 saturated heterocycles. The smallest absolute Gasteiger partial charge is 0.298 e. The van der Waals surface area contributed by atoms with Gasteiger partial charge in [-0.3, -0.25) is 9.59 Å². The van der Waals surface area contributed by atoms with Gasteiger partial charge in [0.25, 0.3) is 11.1 Å². The zero-order valence-corrected chi connectivity index (χ0v) is 19.0. The maximum absolute atomic E-state index is 13.1. The molecule has 4 aromatic carbocycles. The highest BCUT2D eigenvalue weighted by molar-refractivity contribution is 8.19. The highest BCUT2D eigenvalue weighted by Gasteiger charge is 2.36. The molecule has 4 nitrogen and oxygen atoms in total. The number of amides is 2. The summed E-state index contributed by atoms with van der Waals surface area (Å²) in [6.07, 6.45) is 3.92. The average molecular weight is 461 g/mol. The molecule has 0 N–H and O–H groups in total. The third kappa shape index (κ3) is 3.51. The zero-order valence-electron chi connectivity index (χ0n) is 18.2. The minimum absolute atomic E-state index is 0.276. The lowest BCUT2D eigenvalue weighted by Gasteiger charge is -2.11. The quantitative estimate of drug-likeness (QED) is 0.269. The second kappa shape index (κ2) is 8.36. The van der Waals surface area contributed by atoms with Crippen LogP contribution >= 0.6 is 11.8 Å². The Morgan fingerprint density at radius 1 is 0.735 bits per heavy atom. The number of imide groups is 1. The molecule has 164 valence electrons. The Morgan fingerprint density at radius 3 is 2.29 bits per heavy atom. The Hall–Kier alpha value is -4.09. The summed E-state index contributed by atoms with van der Waals surface area (Å²) in [6.45, 7) is 0.710. The summed E-state index contributed by atoms with van der Waals surface area (Å²) in [5.74, 6) is -0.285. The second-order valence-corrected chi connectivity index (χ2v) is 9.21. The van der Waals surface area contributed by atoms with Crippen molar-refractivity contribution >= 4 is 56.3 Å². The maximum Gasteiger partial charge on any atom is 0.298 e. The Morgan fingerprint density at radius 2 is 1.44 bits per heavy atom. The van der Waals surface area contributed by atoms with Crippen molar-refractivity contribution in [3.8, 4) is 0 Å². The van der Waals surface area contributed by atoms with Crippen LogP contribution in [-0.4, -0.2) is 15.7 Å². The normalized spacial score (nSPS) is 15.2. The molecule has 1 aliphatic rings. The number of carbonyl (C=O) groups is 2. The lowest BCUT2D eigenvalue weighted by Crippen LogP contribution is -2.27. The molecule has 0 aliphatic carbocycles. The van der Waals surface area contributed by atoms with E-state index in [-0.39, 0.29) is 11.1 Å². The molecule has 0 spiro atoms. The summed E-state index contributed by atoms with van der Waals surface area (Å²) in [5, 5.41) is 3.22. The fourth-order valence-electron chi connectivity index (χ4n) is 4.54. The number of benzene rings is 4. The van der Waals surface area contributed by atoms with Gasteiger partial charge in [-0.1, -0.05) is 78.9 Å². The number of aromatic nitrogens is 1. The van der Waals surface area contributed by atoms with E-state index in [0.29, 0.717) is 17.1 Å². The first-order valence-corrected chi connectivity index (χ1v) is 11.9. The van der Waals surface area contributed by atoms with E-state index in [9.17, 15) is 9.59 Å². The fraction of sp³-hybridized carbons (Fsp3) is 0.0345. The molecular weight excluding hydrogens is 440 g/mol. The van der Waals surface area contributed by atoms with Gasteiger partial charge in [0.1, 0.15) is 0 Å². The number of hydrogen-bond acceptors (Lipinski definition) is 3. The Kier molecular flexibility index (Phi) is 5.04. The monoisotopic (exact) mass is 460 g/mol. The third-order valence-electron chi connectivity index (χ3n) is 6.13. The van der Waals surface area contributed by atoms with Gasteiger partial charge < -0.3 is 4.57 Å². The van der Waals surface area contributed by atoms with Gasteiger partial charge in [0.05, 0.1) is 10.6 Å². The van der Waals surface area contributed by atoms with Crippen LogP contribution in [0.5, 0.6) is 0 Å². The lowest BCUT2D eigenvalue weighted by molar-refractivity contribution is -0.113. The average Bonchev–Trinajstić information content (AvgIpc) is 3.36. The molecule has 0 bridgehead atoms. The van der Waals surface area contributed by atoms with Gasteiger partial charge >= 0.3 is 0 Å². The Bertz CT molecular complexity index is 1600. The van der Waals surface area contributed by atoms with Gasteiger partial charge in [0.15, 0.2) is 0 Å². The molecular formula is C29H20N2O2S. The molecule has 5 heteroatoms. The molecule has 1 fully saturated rings. The summed E-state index contributed by atoms with van der Waals surface area (Å²) < 4.78 is 2.21. The van der Waals surface area contributed by atoms with E-state index in [4.69, 9.17) is 0 Å². The zero-order chi connectivity index (χ0) is 23.1. The lowest BCUT2D eigenvalue weighted by atomic mass is 10.0. The van der Waals surface area contributed by atoms with Crippen molar-refractivity contribution in [3.63, 3.8) is 0 Å². The standard InChI is InChI=1S/C29H20N2O2S/c32-28-27(34-29(33)31(28)23-12-2-1-3-13-23)17-22-19-30(26-16-7-6-15-25(22)26)18-21-11-8-10-20-9-4-5-14-24(20)21/h1-17,19H,18H2/b27-17-. The van der Waals surface area contributed by atoms with Crippen molar-refractivity contribution in [3.05, 3.63) is 119 Å². The minimum Gasteiger partial charge on any atom is -0.342 e. The van der Waals surface area contributed by atoms with Crippen molar-refractivity contribution < 1.29 is 9.59 Å². The van der Waals surface area contributed by atoms with Crippen molar-refractivity contribution in [2.75, 3.05) is 4.90 Å². The Labute approximate surface area is 201 Å². The van der Waals surface area contributed by atoms with E-state index in [1.807, 2.05) is 36.4 Å². The van der Waals surface area contributed by atoms with Crippen LogP contribution in [0.25, 0.3) is 27.8 Å². The number of thioether (sulfide) groups is 1. The minimum atomic E-state index is -0.285. The van der Waals surface area contributed by atoms with Gasteiger partial charge in [-0.25, -0.2) is 4.90 Å². The van der Waals surface area contributed by atoms with Crippen LogP contribution in [0.4, 0.5) is 10.5 Å². The molecule has 6 rings (SSSR count). The van der Waals surface area contributed by atoms with Crippen LogP contribution in [0.3, 0.4) is 0 Å². The van der Waals surface area contributed by atoms with E-state index >= 15 is 0 Å². The van der Waals surface area contributed by atoms with Gasteiger partial charge in [-0.15, -0.1) is 0 Å². The number of fused-ring (bicyclic) bond motifs is 2. The SMILES string of the molecule is O=C1S/C(=C\c2cn(Cc3cccc4ccccc34)c3ccccc23)C(=O)N1c1ccccc1. The van der Waals surface area contributed by atoms with Gasteiger partial charge in [-0.05, 0) is 52.4 Å². The summed E-state index contributed by atoms with van der Waals surface area (Å²) in [4.78, 5) is 27.4. The van der Waals surface area contributed by atoms with E-state index in [1.54, 1.807) is 12.1 Å². The summed E-state index contributed by atoms with van der Waals surface area (Å²) in [7, 11) is 0. The summed E-state index contributed by atoms with van der Waals surface area (Å²) >= 11 is 0.984. The third-order valence-corrected chi connectivity index (χ3v) is 7.00. The van der Waals surface area contributed by atoms with Gasteiger partial charge in [0.2, 0.25) is 0 Å². The molecule has 0 saturated carbocycles. The number of carbonyl (C=O) groups excluding carboxylic acids is 2. The number of para-hydroxylation sites is 2. The maximum atomic E-state index is 13.1. The second-order valence-electron chi connectivity index (χ2n) is 8.22. The fourth-order valence-corrected chi connectivity index (χ4v) is 5.38. The number of hydrogen-bond donors (Lipinski definition) is 0. The molecule has 0 unspecified atom stereocenters. The van der Waals surface area contributed by atoms with Crippen LogP contribution in [0.15, 0.2) is 108 Å². The molecule has 34 heavy (non-hydrogen) atoms. The van der Waals surface area contributed by atoms with Crippen molar-refractivity contribution in [2.45, 2.75) is 6.54 Å². The predicted molar refractivity (Wildman–Crippen MR) is 140 cm³/mol. The van der Waals surface area contributed by atoms with Gasteiger partial charge in [0, 0.05) is 29.2 Å². The molecule has 1 aromatic heterocycles.